The first-order chi connectivity index (χ1) is 13.3. The highest BCUT2D eigenvalue weighted by Gasteiger charge is 2.30. The van der Waals surface area contributed by atoms with Crippen LogP contribution in [0.15, 0.2) is 46.2 Å². The first kappa shape index (κ1) is 23.2. The maximum Gasteiger partial charge on any atom is 0.416 e. The summed E-state index contributed by atoms with van der Waals surface area (Å²) in [5, 5.41) is 2.65. The van der Waals surface area contributed by atoms with Gasteiger partial charge in [-0.25, -0.2) is 12.7 Å². The highest BCUT2D eigenvalue weighted by Crippen LogP contribution is 2.32. The first-order valence-electron chi connectivity index (χ1n) is 8.46. The Hall–Kier alpha value is -2.04. The molecule has 0 spiro atoms. The number of benzene rings is 2. The van der Waals surface area contributed by atoms with E-state index in [2.05, 4.69) is 5.32 Å². The number of carbonyl (C=O) groups excluding carboxylic acids is 1. The van der Waals surface area contributed by atoms with Crippen molar-refractivity contribution in [1.82, 2.24) is 4.31 Å². The molecule has 0 aromatic heterocycles. The number of hydrogen-bond acceptors (Lipinski definition) is 4. The Balaban J connectivity index is 2.16. The largest absolute Gasteiger partial charge is 0.416 e. The Morgan fingerprint density at radius 2 is 1.79 bits per heavy atom. The fourth-order valence-electron chi connectivity index (χ4n) is 2.41. The van der Waals surface area contributed by atoms with Crippen molar-refractivity contribution < 1.29 is 26.4 Å². The van der Waals surface area contributed by atoms with E-state index < -0.39 is 27.7 Å². The molecule has 2 aromatic rings. The molecule has 0 unspecified atom stereocenters. The highest BCUT2D eigenvalue weighted by atomic mass is 32.2. The van der Waals surface area contributed by atoms with Gasteiger partial charge in [-0.2, -0.15) is 13.2 Å². The van der Waals surface area contributed by atoms with Gasteiger partial charge < -0.3 is 5.32 Å². The fraction of sp³-hybridized carbons (Fsp3) is 0.316. The van der Waals surface area contributed by atoms with Crippen molar-refractivity contribution in [2.75, 3.05) is 25.2 Å². The molecule has 0 fully saturated rings. The van der Waals surface area contributed by atoms with E-state index in [1.165, 1.54) is 38.4 Å². The lowest BCUT2D eigenvalue weighted by molar-refractivity contribution is -0.137. The van der Waals surface area contributed by atoms with Crippen LogP contribution < -0.4 is 5.32 Å². The molecule has 0 aliphatic carbocycles. The van der Waals surface area contributed by atoms with Crippen LogP contribution in [-0.4, -0.2) is 38.5 Å². The monoisotopic (exact) mass is 446 g/mol. The van der Waals surface area contributed by atoms with Gasteiger partial charge in [-0.15, -0.1) is 11.8 Å². The number of nitrogens with one attached hydrogen (secondary N) is 1. The number of halogens is 3. The summed E-state index contributed by atoms with van der Waals surface area (Å²) in [7, 11) is -0.856. The first-order valence-corrected chi connectivity index (χ1v) is 10.9. The number of alkyl halides is 3. The second-order valence-corrected chi connectivity index (χ2v) is 9.76. The maximum absolute atomic E-state index is 12.8. The van der Waals surface area contributed by atoms with Crippen molar-refractivity contribution in [2.45, 2.75) is 29.8 Å². The number of hydrogen-bond donors (Lipinski definition) is 1. The Labute approximate surface area is 172 Å². The van der Waals surface area contributed by atoms with E-state index in [0.717, 1.165) is 28.2 Å². The van der Waals surface area contributed by atoms with Crippen LogP contribution in [0, 0.1) is 13.8 Å². The van der Waals surface area contributed by atoms with Crippen molar-refractivity contribution >= 4 is 33.4 Å². The number of rotatable bonds is 6. The lowest BCUT2D eigenvalue weighted by Crippen LogP contribution is -2.23. The van der Waals surface area contributed by atoms with Crippen molar-refractivity contribution in [3.63, 3.8) is 0 Å². The topological polar surface area (TPSA) is 66.5 Å². The molecule has 0 atom stereocenters. The molecular weight excluding hydrogens is 425 g/mol. The molecule has 158 valence electrons. The number of sulfonamides is 1. The zero-order valence-electron chi connectivity index (χ0n) is 16.3. The van der Waals surface area contributed by atoms with Gasteiger partial charge in [0, 0.05) is 24.7 Å². The smallest absolute Gasteiger partial charge is 0.325 e. The van der Waals surface area contributed by atoms with Crippen LogP contribution >= 0.6 is 11.8 Å². The van der Waals surface area contributed by atoms with Crippen LogP contribution in [-0.2, 0) is 21.0 Å². The zero-order chi connectivity index (χ0) is 22.0. The summed E-state index contributed by atoms with van der Waals surface area (Å²) in [5.74, 6) is -0.570. The van der Waals surface area contributed by atoms with Crippen LogP contribution in [0.4, 0.5) is 18.9 Å². The van der Waals surface area contributed by atoms with Crippen LogP contribution in [0.1, 0.15) is 16.7 Å². The molecule has 0 aliphatic rings. The van der Waals surface area contributed by atoms with Crippen molar-refractivity contribution in [1.29, 1.82) is 0 Å². The lowest BCUT2D eigenvalue weighted by Gasteiger charge is -2.16. The molecule has 0 saturated carbocycles. The molecule has 0 bridgehead atoms. The van der Waals surface area contributed by atoms with E-state index in [4.69, 9.17) is 0 Å². The highest BCUT2D eigenvalue weighted by molar-refractivity contribution is 8.00. The zero-order valence-corrected chi connectivity index (χ0v) is 17.9. The van der Waals surface area contributed by atoms with E-state index in [9.17, 15) is 26.4 Å². The summed E-state index contributed by atoms with van der Waals surface area (Å²) in [6.45, 7) is 3.48. The van der Waals surface area contributed by atoms with Gasteiger partial charge in [0.15, 0.2) is 0 Å². The third-order valence-electron chi connectivity index (χ3n) is 4.22. The number of amides is 1. The average molecular weight is 447 g/mol. The quantitative estimate of drug-likeness (QED) is 0.672. The lowest BCUT2D eigenvalue weighted by atomic mass is 10.1. The van der Waals surface area contributed by atoms with Crippen LogP contribution in [0.25, 0.3) is 0 Å². The molecule has 2 rings (SSSR count). The number of anilines is 1. The summed E-state index contributed by atoms with van der Waals surface area (Å²) in [6.07, 6.45) is -4.45. The van der Waals surface area contributed by atoms with Gasteiger partial charge in [0.2, 0.25) is 15.9 Å². The van der Waals surface area contributed by atoms with Crippen LogP contribution in [0.3, 0.4) is 0 Å². The standard InChI is InChI=1S/C19H21F3N2O3S2/c1-12-8-16(29(26,27)24(3)4)10-17(13(12)2)23-18(25)11-28-15-7-5-6-14(9-15)19(20,21)22/h5-10H,11H2,1-4H3,(H,23,25). The summed E-state index contributed by atoms with van der Waals surface area (Å²) in [5.41, 5.74) is 0.963. The SMILES string of the molecule is Cc1cc(S(=O)(=O)N(C)C)cc(NC(=O)CSc2cccc(C(F)(F)F)c2)c1C. The summed E-state index contributed by atoms with van der Waals surface area (Å²) in [6, 6.07) is 7.63. The summed E-state index contributed by atoms with van der Waals surface area (Å²) in [4.78, 5) is 12.7. The molecule has 0 saturated heterocycles. The minimum Gasteiger partial charge on any atom is -0.325 e. The molecule has 5 nitrogen and oxygen atoms in total. The van der Waals surface area contributed by atoms with E-state index in [1.54, 1.807) is 13.8 Å². The van der Waals surface area contributed by atoms with Gasteiger partial charge in [0.1, 0.15) is 0 Å². The number of aryl methyl sites for hydroxylation is 1. The van der Waals surface area contributed by atoms with E-state index in [-0.39, 0.29) is 10.6 Å². The molecule has 2 aromatic carbocycles. The molecule has 1 N–H and O–H groups in total. The minimum absolute atomic E-state index is 0.0476. The van der Waals surface area contributed by atoms with Gasteiger partial charge in [-0.1, -0.05) is 6.07 Å². The molecule has 10 heteroatoms. The van der Waals surface area contributed by atoms with Crippen molar-refractivity contribution in [3.8, 4) is 0 Å². The number of nitrogens with zero attached hydrogens (tertiary/aromatic N) is 1. The number of thioether (sulfide) groups is 1. The Morgan fingerprint density at radius 1 is 1.14 bits per heavy atom. The van der Waals surface area contributed by atoms with E-state index in [0.29, 0.717) is 21.7 Å². The molecule has 0 aliphatic heterocycles. The molecule has 0 radical (unpaired) electrons. The van der Waals surface area contributed by atoms with Gasteiger partial charge in [-0.05, 0) is 55.3 Å². The van der Waals surface area contributed by atoms with Gasteiger partial charge in [0.05, 0.1) is 16.2 Å². The third kappa shape index (κ3) is 5.74. The Bertz CT molecular complexity index is 1020. The van der Waals surface area contributed by atoms with Crippen molar-refractivity contribution in [3.05, 3.63) is 53.1 Å². The van der Waals surface area contributed by atoms with E-state index >= 15 is 0 Å². The molecule has 29 heavy (non-hydrogen) atoms. The second-order valence-electron chi connectivity index (χ2n) is 6.56. The predicted molar refractivity (Wildman–Crippen MR) is 108 cm³/mol. The normalized spacial score (nSPS) is 12.3. The fourth-order valence-corrected chi connectivity index (χ4v) is 4.18. The van der Waals surface area contributed by atoms with Gasteiger partial charge in [0.25, 0.3) is 0 Å². The maximum atomic E-state index is 12.8. The summed E-state index contributed by atoms with van der Waals surface area (Å²) >= 11 is 0.964. The second kappa shape index (κ2) is 8.76. The Morgan fingerprint density at radius 3 is 2.38 bits per heavy atom. The molecule has 1 amide bonds. The average Bonchev–Trinajstić information content (AvgIpc) is 2.63. The molecule has 0 heterocycles. The van der Waals surface area contributed by atoms with Crippen LogP contribution in [0.5, 0.6) is 0 Å². The van der Waals surface area contributed by atoms with Gasteiger partial charge in [-0.3, -0.25) is 4.79 Å². The molecular formula is C19H21F3N2O3S2. The van der Waals surface area contributed by atoms with Gasteiger partial charge >= 0.3 is 6.18 Å². The number of carbonyl (C=O) groups is 1. The predicted octanol–water partition coefficient (Wildman–Crippen LogP) is 4.30. The van der Waals surface area contributed by atoms with Crippen LogP contribution in [0.2, 0.25) is 0 Å². The Kier molecular flexibility index (Phi) is 7.02. The summed E-state index contributed by atoms with van der Waals surface area (Å²) < 4.78 is 64.2. The minimum atomic E-state index is -4.45. The van der Waals surface area contributed by atoms with E-state index in [1.807, 2.05) is 0 Å². The third-order valence-corrected chi connectivity index (χ3v) is 7.01. The van der Waals surface area contributed by atoms with Crippen molar-refractivity contribution in [2.24, 2.45) is 0 Å².